The second-order valence-corrected chi connectivity index (χ2v) is 4.79. The maximum atomic E-state index is 14.2. The molecule has 0 N–H and O–H groups in total. The van der Waals surface area contributed by atoms with Crippen molar-refractivity contribution in [2.75, 3.05) is 0 Å². The molecule has 0 atom stereocenters. The minimum Gasteiger partial charge on any atom is -0.312 e. The van der Waals surface area contributed by atoms with Crippen molar-refractivity contribution in [2.24, 2.45) is 7.05 Å². The summed E-state index contributed by atoms with van der Waals surface area (Å²) in [7, 11) is 1.86. The van der Waals surface area contributed by atoms with Crippen LogP contribution in [0.4, 0.5) is 4.39 Å². The topological polar surface area (TPSA) is 30.7 Å². The fraction of sp³-hybridized carbons (Fsp3) is 0.200. The molecule has 0 aliphatic heterocycles. The fourth-order valence-corrected chi connectivity index (χ4v) is 2.24. The standard InChI is InChI=1S/C15H14FN3/c1-9-7-12-15(17-8-9)19(3)14(18-12)11-6-4-5-10(2)13(11)16/h4-8H,1-3H3. The molecule has 19 heavy (non-hydrogen) atoms. The monoisotopic (exact) mass is 255 g/mol. The van der Waals surface area contributed by atoms with Crippen LogP contribution in [0.3, 0.4) is 0 Å². The Labute approximate surface area is 110 Å². The lowest BCUT2D eigenvalue weighted by Crippen LogP contribution is -1.97. The highest BCUT2D eigenvalue weighted by atomic mass is 19.1. The molecule has 1 aromatic carbocycles. The maximum Gasteiger partial charge on any atom is 0.160 e. The van der Waals surface area contributed by atoms with E-state index in [4.69, 9.17) is 0 Å². The van der Waals surface area contributed by atoms with Crippen molar-refractivity contribution in [3.05, 3.63) is 47.4 Å². The summed E-state index contributed by atoms with van der Waals surface area (Å²) >= 11 is 0. The quantitative estimate of drug-likeness (QED) is 0.667. The number of pyridine rings is 1. The van der Waals surface area contributed by atoms with Crippen LogP contribution < -0.4 is 0 Å². The van der Waals surface area contributed by atoms with E-state index >= 15 is 0 Å². The van der Waals surface area contributed by atoms with E-state index in [1.165, 1.54) is 0 Å². The van der Waals surface area contributed by atoms with E-state index in [0.717, 1.165) is 16.7 Å². The Morgan fingerprint density at radius 1 is 1.21 bits per heavy atom. The Morgan fingerprint density at radius 2 is 2.00 bits per heavy atom. The van der Waals surface area contributed by atoms with E-state index in [-0.39, 0.29) is 5.82 Å². The molecule has 0 fully saturated rings. The average molecular weight is 255 g/mol. The van der Waals surface area contributed by atoms with Gasteiger partial charge in [0.15, 0.2) is 5.65 Å². The van der Waals surface area contributed by atoms with Gasteiger partial charge >= 0.3 is 0 Å². The molecule has 0 radical (unpaired) electrons. The Bertz CT molecular complexity index is 774. The molecule has 4 heteroatoms. The summed E-state index contributed by atoms with van der Waals surface area (Å²) in [6, 6.07) is 7.30. The molecule has 2 heterocycles. The van der Waals surface area contributed by atoms with Crippen molar-refractivity contribution in [3.8, 4) is 11.4 Å². The minimum absolute atomic E-state index is 0.224. The summed E-state index contributed by atoms with van der Waals surface area (Å²) in [5, 5.41) is 0. The molecule has 0 amide bonds. The Morgan fingerprint density at radius 3 is 2.79 bits per heavy atom. The first kappa shape index (κ1) is 11.8. The van der Waals surface area contributed by atoms with Crippen LogP contribution in [-0.2, 0) is 7.05 Å². The molecule has 3 aromatic rings. The zero-order valence-corrected chi connectivity index (χ0v) is 11.1. The number of nitrogens with zero attached hydrogens (tertiary/aromatic N) is 3. The van der Waals surface area contributed by atoms with E-state index < -0.39 is 0 Å². The van der Waals surface area contributed by atoms with Gasteiger partial charge in [-0.15, -0.1) is 0 Å². The number of hydrogen-bond donors (Lipinski definition) is 0. The summed E-state index contributed by atoms with van der Waals surface area (Å²) < 4.78 is 16.0. The highest BCUT2D eigenvalue weighted by Gasteiger charge is 2.15. The second kappa shape index (κ2) is 4.16. The first-order valence-corrected chi connectivity index (χ1v) is 6.12. The highest BCUT2D eigenvalue weighted by Crippen LogP contribution is 2.26. The lowest BCUT2D eigenvalue weighted by Gasteiger charge is -2.05. The van der Waals surface area contributed by atoms with E-state index in [2.05, 4.69) is 9.97 Å². The SMILES string of the molecule is Cc1cnc2c(c1)nc(-c1cccc(C)c1F)n2C. The third-order valence-corrected chi connectivity index (χ3v) is 3.28. The van der Waals surface area contributed by atoms with E-state index in [9.17, 15) is 4.39 Å². The van der Waals surface area contributed by atoms with Crippen LogP contribution in [-0.4, -0.2) is 14.5 Å². The normalized spacial score (nSPS) is 11.2. The van der Waals surface area contributed by atoms with Crippen LogP contribution in [0.2, 0.25) is 0 Å². The lowest BCUT2D eigenvalue weighted by atomic mass is 10.1. The zero-order chi connectivity index (χ0) is 13.6. The van der Waals surface area contributed by atoms with Gasteiger partial charge in [-0.1, -0.05) is 12.1 Å². The molecule has 3 nitrogen and oxygen atoms in total. The number of halogens is 1. The highest BCUT2D eigenvalue weighted by molar-refractivity contribution is 5.77. The summed E-state index contributed by atoms with van der Waals surface area (Å²) in [4.78, 5) is 8.86. The number of aromatic nitrogens is 3. The van der Waals surface area contributed by atoms with Crippen molar-refractivity contribution in [1.29, 1.82) is 0 Å². The Kier molecular flexibility index (Phi) is 2.59. The van der Waals surface area contributed by atoms with Gasteiger partial charge in [0.1, 0.15) is 17.2 Å². The van der Waals surface area contributed by atoms with Crippen molar-refractivity contribution in [3.63, 3.8) is 0 Å². The zero-order valence-electron chi connectivity index (χ0n) is 11.1. The van der Waals surface area contributed by atoms with Gasteiger partial charge in [-0.25, -0.2) is 14.4 Å². The minimum atomic E-state index is -0.224. The van der Waals surface area contributed by atoms with Crippen LogP contribution in [0.15, 0.2) is 30.5 Å². The van der Waals surface area contributed by atoms with Crippen molar-refractivity contribution >= 4 is 11.2 Å². The van der Waals surface area contributed by atoms with Gasteiger partial charge < -0.3 is 4.57 Å². The molecular weight excluding hydrogens is 241 g/mol. The Hall–Kier alpha value is -2.23. The molecular formula is C15H14FN3. The molecule has 3 rings (SSSR count). The van der Waals surface area contributed by atoms with Gasteiger partial charge in [-0.3, -0.25) is 0 Å². The molecule has 0 spiro atoms. The van der Waals surface area contributed by atoms with Gasteiger partial charge in [0.2, 0.25) is 0 Å². The van der Waals surface area contributed by atoms with Crippen LogP contribution in [0, 0.1) is 19.7 Å². The van der Waals surface area contributed by atoms with E-state index in [1.54, 1.807) is 25.3 Å². The smallest absolute Gasteiger partial charge is 0.160 e. The number of imidazole rings is 1. The van der Waals surface area contributed by atoms with Gasteiger partial charge in [-0.05, 0) is 37.1 Å². The van der Waals surface area contributed by atoms with Crippen LogP contribution >= 0.6 is 0 Å². The third kappa shape index (κ3) is 1.80. The number of hydrogen-bond acceptors (Lipinski definition) is 2. The summed E-state index contributed by atoms with van der Waals surface area (Å²) in [5.41, 5.74) is 3.73. The number of aryl methyl sites for hydroxylation is 3. The van der Waals surface area contributed by atoms with E-state index in [1.807, 2.05) is 30.7 Å². The van der Waals surface area contributed by atoms with Crippen LogP contribution in [0.25, 0.3) is 22.6 Å². The molecule has 0 saturated heterocycles. The van der Waals surface area contributed by atoms with E-state index in [0.29, 0.717) is 17.0 Å². The van der Waals surface area contributed by atoms with Crippen molar-refractivity contribution in [2.45, 2.75) is 13.8 Å². The van der Waals surface area contributed by atoms with Gasteiger partial charge in [-0.2, -0.15) is 0 Å². The first-order valence-electron chi connectivity index (χ1n) is 6.12. The first-order chi connectivity index (χ1) is 9.08. The van der Waals surface area contributed by atoms with Crippen molar-refractivity contribution < 1.29 is 4.39 Å². The maximum absolute atomic E-state index is 14.2. The summed E-state index contributed by atoms with van der Waals surface area (Å²) in [6.07, 6.45) is 1.79. The van der Waals surface area contributed by atoms with Gasteiger partial charge in [0.25, 0.3) is 0 Å². The fourth-order valence-electron chi connectivity index (χ4n) is 2.24. The molecule has 96 valence electrons. The molecule has 0 unspecified atom stereocenters. The second-order valence-electron chi connectivity index (χ2n) is 4.79. The number of rotatable bonds is 1. The van der Waals surface area contributed by atoms with Gasteiger partial charge in [0, 0.05) is 13.2 Å². The third-order valence-electron chi connectivity index (χ3n) is 3.28. The molecule has 0 saturated carbocycles. The number of benzene rings is 1. The number of fused-ring (bicyclic) bond motifs is 1. The van der Waals surface area contributed by atoms with Crippen molar-refractivity contribution in [1.82, 2.24) is 14.5 Å². The summed E-state index contributed by atoms with van der Waals surface area (Å²) in [6.45, 7) is 3.72. The molecule has 0 aliphatic rings. The van der Waals surface area contributed by atoms with Crippen LogP contribution in [0.5, 0.6) is 0 Å². The summed E-state index contributed by atoms with van der Waals surface area (Å²) in [5.74, 6) is 0.381. The van der Waals surface area contributed by atoms with Gasteiger partial charge in [0.05, 0.1) is 5.56 Å². The predicted molar refractivity (Wildman–Crippen MR) is 73.4 cm³/mol. The predicted octanol–water partition coefficient (Wildman–Crippen LogP) is 3.39. The average Bonchev–Trinajstić information content (AvgIpc) is 2.69. The lowest BCUT2D eigenvalue weighted by molar-refractivity contribution is 0.620. The molecule has 0 aliphatic carbocycles. The Balaban J connectivity index is 2.31. The molecule has 2 aromatic heterocycles. The largest absolute Gasteiger partial charge is 0.312 e. The van der Waals surface area contributed by atoms with Crippen LogP contribution in [0.1, 0.15) is 11.1 Å². The molecule has 0 bridgehead atoms.